The van der Waals surface area contributed by atoms with Gasteiger partial charge in [-0.05, 0) is 31.0 Å². The Labute approximate surface area is 215 Å². The number of rotatable bonds is 7. The Bertz CT molecular complexity index is 899. The number of halogens is 2. The molecule has 0 unspecified atom stereocenters. The van der Waals surface area contributed by atoms with Gasteiger partial charge >= 0.3 is 5.97 Å². The molecule has 1 aliphatic heterocycles. The van der Waals surface area contributed by atoms with Gasteiger partial charge in [-0.15, -0.1) is 24.8 Å². The van der Waals surface area contributed by atoms with Crippen LogP contribution in [0.25, 0.3) is 0 Å². The van der Waals surface area contributed by atoms with Gasteiger partial charge in [0.15, 0.2) is 11.5 Å². The van der Waals surface area contributed by atoms with E-state index < -0.39 is 5.97 Å². The number of hydrogen-bond donors (Lipinski definition) is 0. The fourth-order valence-electron chi connectivity index (χ4n) is 4.88. The molecule has 2 aromatic rings. The smallest absolute Gasteiger partial charge is 0.343 e. The topological polar surface area (TPSA) is 51.2 Å². The first-order chi connectivity index (χ1) is 15.7. The van der Waals surface area contributed by atoms with Gasteiger partial charge < -0.3 is 14.2 Å². The first-order valence-corrected chi connectivity index (χ1v) is 11.7. The molecule has 188 valence electrons. The van der Waals surface area contributed by atoms with Crippen molar-refractivity contribution in [2.75, 3.05) is 40.4 Å². The number of hydrogen-bond acceptors (Lipinski definition) is 6. The van der Waals surface area contributed by atoms with Crippen molar-refractivity contribution >= 4 is 30.8 Å². The van der Waals surface area contributed by atoms with Crippen molar-refractivity contribution in [1.82, 2.24) is 9.80 Å². The zero-order chi connectivity index (χ0) is 22.3. The maximum absolute atomic E-state index is 12.8. The lowest BCUT2D eigenvalue weighted by atomic mass is 9.94. The second-order valence-corrected chi connectivity index (χ2v) is 8.65. The Morgan fingerprint density at radius 1 is 0.853 bits per heavy atom. The molecule has 1 aliphatic carbocycles. The van der Waals surface area contributed by atoms with Gasteiger partial charge in [0.2, 0.25) is 5.75 Å². The molecular weight excluding hydrogens is 475 g/mol. The average Bonchev–Trinajstić information content (AvgIpc) is 2.86. The van der Waals surface area contributed by atoms with Crippen molar-refractivity contribution in [3.63, 3.8) is 0 Å². The molecule has 8 heteroatoms. The summed E-state index contributed by atoms with van der Waals surface area (Å²) in [6, 6.07) is 13.6. The molecule has 1 heterocycles. The van der Waals surface area contributed by atoms with Gasteiger partial charge in [-0.25, -0.2) is 4.79 Å². The van der Waals surface area contributed by atoms with Gasteiger partial charge in [0, 0.05) is 44.3 Å². The number of nitrogens with zero attached hydrogens (tertiary/aromatic N) is 2. The van der Waals surface area contributed by atoms with E-state index in [1.54, 1.807) is 26.4 Å². The monoisotopic (exact) mass is 510 g/mol. The zero-order valence-electron chi connectivity index (χ0n) is 20.0. The molecule has 0 aromatic heterocycles. The summed E-state index contributed by atoms with van der Waals surface area (Å²) in [6.07, 6.45) is 6.81. The fourth-order valence-corrected chi connectivity index (χ4v) is 4.88. The fraction of sp³-hybridized carbons (Fsp3) is 0.500. The summed E-state index contributed by atoms with van der Waals surface area (Å²) in [4.78, 5) is 17.9. The third-order valence-corrected chi connectivity index (χ3v) is 6.68. The van der Waals surface area contributed by atoms with E-state index in [1.165, 1.54) is 32.1 Å². The third-order valence-electron chi connectivity index (χ3n) is 6.68. The molecule has 1 saturated heterocycles. The average molecular weight is 511 g/mol. The molecule has 0 N–H and O–H groups in total. The normalized spacial score (nSPS) is 17.2. The Balaban J connectivity index is 0.00000204. The molecule has 0 amide bonds. The van der Waals surface area contributed by atoms with E-state index in [4.69, 9.17) is 14.2 Å². The quantitative estimate of drug-likeness (QED) is 0.376. The highest BCUT2D eigenvalue weighted by molar-refractivity contribution is 5.91. The van der Waals surface area contributed by atoms with Crippen LogP contribution in [0, 0.1) is 0 Å². The minimum Gasteiger partial charge on any atom is -0.493 e. The van der Waals surface area contributed by atoms with E-state index in [-0.39, 0.29) is 24.8 Å². The molecule has 6 nitrogen and oxygen atoms in total. The number of benzene rings is 2. The number of ether oxygens (including phenoxy) is 3. The second kappa shape index (κ2) is 13.8. The predicted molar refractivity (Wildman–Crippen MR) is 139 cm³/mol. The molecule has 1 saturated carbocycles. The van der Waals surface area contributed by atoms with Crippen molar-refractivity contribution < 1.29 is 19.0 Å². The summed E-state index contributed by atoms with van der Waals surface area (Å²) >= 11 is 0. The highest BCUT2D eigenvalue weighted by atomic mass is 35.5. The Morgan fingerprint density at radius 2 is 1.53 bits per heavy atom. The highest BCUT2D eigenvalue weighted by Gasteiger charge is 2.27. The lowest BCUT2D eigenvalue weighted by Crippen LogP contribution is -2.50. The van der Waals surface area contributed by atoms with Crippen molar-refractivity contribution in [1.29, 1.82) is 0 Å². The van der Waals surface area contributed by atoms with Gasteiger partial charge in [-0.1, -0.05) is 43.5 Å². The van der Waals surface area contributed by atoms with E-state index in [0.717, 1.165) is 37.8 Å². The summed E-state index contributed by atoms with van der Waals surface area (Å²) in [6.45, 7) is 4.91. The van der Waals surface area contributed by atoms with Crippen molar-refractivity contribution in [3.05, 3.63) is 53.6 Å². The van der Waals surface area contributed by atoms with Crippen molar-refractivity contribution in [3.8, 4) is 17.2 Å². The van der Waals surface area contributed by atoms with Crippen LogP contribution in [-0.2, 0) is 6.54 Å². The predicted octanol–water partition coefficient (Wildman–Crippen LogP) is 5.22. The van der Waals surface area contributed by atoms with Crippen molar-refractivity contribution in [2.24, 2.45) is 0 Å². The number of esters is 1. The Kier molecular flexibility index (Phi) is 11.5. The molecule has 2 aromatic carbocycles. The van der Waals surface area contributed by atoms with Crippen LogP contribution in [0.3, 0.4) is 0 Å². The highest BCUT2D eigenvalue weighted by Crippen LogP contribution is 2.41. The van der Waals surface area contributed by atoms with Crippen LogP contribution in [0.1, 0.15) is 48.0 Å². The Morgan fingerprint density at radius 3 is 2.15 bits per heavy atom. The molecule has 0 atom stereocenters. The third kappa shape index (κ3) is 6.79. The molecule has 0 radical (unpaired) electrons. The van der Waals surface area contributed by atoms with Crippen molar-refractivity contribution in [2.45, 2.75) is 44.7 Å². The van der Waals surface area contributed by atoms with Gasteiger partial charge in [0.1, 0.15) is 0 Å². The van der Waals surface area contributed by atoms with Crippen LogP contribution in [0.5, 0.6) is 17.2 Å². The SMILES string of the molecule is COc1ccc(CN2CCN(C3CCCCC3)CC2)c(OC(=O)c2ccccc2)c1OC.Cl.Cl. The van der Waals surface area contributed by atoms with Crippen LogP contribution >= 0.6 is 24.8 Å². The second-order valence-electron chi connectivity index (χ2n) is 8.65. The summed E-state index contributed by atoms with van der Waals surface area (Å²) in [7, 11) is 3.16. The maximum Gasteiger partial charge on any atom is 0.343 e. The lowest BCUT2D eigenvalue weighted by Gasteiger charge is -2.40. The van der Waals surface area contributed by atoms with Gasteiger partial charge in [-0.3, -0.25) is 9.80 Å². The van der Waals surface area contributed by atoms with E-state index >= 15 is 0 Å². The van der Waals surface area contributed by atoms with Crippen LogP contribution < -0.4 is 14.2 Å². The number of methoxy groups -OCH3 is 2. The minimum atomic E-state index is -0.402. The zero-order valence-corrected chi connectivity index (χ0v) is 21.7. The molecule has 0 spiro atoms. The van der Waals surface area contributed by atoms with Gasteiger partial charge in [-0.2, -0.15) is 0 Å². The maximum atomic E-state index is 12.8. The van der Waals surface area contributed by atoms with Gasteiger partial charge in [0.05, 0.1) is 19.8 Å². The van der Waals surface area contributed by atoms with E-state index in [2.05, 4.69) is 9.80 Å². The first-order valence-electron chi connectivity index (χ1n) is 11.7. The molecule has 2 aliphatic rings. The van der Waals surface area contributed by atoms with Crippen LogP contribution in [0.15, 0.2) is 42.5 Å². The molecule has 2 fully saturated rings. The number of carbonyl (C=O) groups excluding carboxylic acids is 1. The Hall–Kier alpha value is -1.99. The number of carbonyl (C=O) groups is 1. The van der Waals surface area contributed by atoms with E-state index in [9.17, 15) is 4.79 Å². The van der Waals surface area contributed by atoms with Crippen LogP contribution in [-0.4, -0.2) is 62.2 Å². The summed E-state index contributed by atoms with van der Waals surface area (Å²) in [5.41, 5.74) is 1.43. The molecule has 4 rings (SSSR count). The summed E-state index contributed by atoms with van der Waals surface area (Å²) < 4.78 is 16.9. The molecular formula is C26H36Cl2N2O4. The number of piperazine rings is 1. The standard InChI is InChI=1S/C26H34N2O4.2ClH/c1-30-23-14-13-21(19-27-15-17-28(18-16-27)22-11-7-4-8-12-22)24(25(23)31-2)32-26(29)20-9-5-3-6-10-20;;/h3,5-6,9-10,13-14,22H,4,7-8,11-12,15-19H2,1-2H3;2*1H. The lowest BCUT2D eigenvalue weighted by molar-refractivity contribution is 0.0699. The first kappa shape index (κ1) is 28.2. The van der Waals surface area contributed by atoms with Gasteiger partial charge in [0.25, 0.3) is 0 Å². The minimum absolute atomic E-state index is 0. The van der Waals surface area contributed by atoms with E-state index in [1.807, 2.05) is 30.3 Å². The summed E-state index contributed by atoms with van der Waals surface area (Å²) in [5, 5.41) is 0. The van der Waals surface area contributed by atoms with E-state index in [0.29, 0.717) is 29.4 Å². The van der Waals surface area contributed by atoms with Crippen LogP contribution in [0.4, 0.5) is 0 Å². The summed E-state index contributed by atoms with van der Waals surface area (Å²) in [5.74, 6) is 1.04. The molecule has 0 bridgehead atoms. The molecule has 34 heavy (non-hydrogen) atoms. The largest absolute Gasteiger partial charge is 0.493 e. The van der Waals surface area contributed by atoms with Crippen LogP contribution in [0.2, 0.25) is 0 Å².